The van der Waals surface area contributed by atoms with Crippen LogP contribution in [-0.4, -0.2) is 33.6 Å². The molecule has 1 aromatic carbocycles. The van der Waals surface area contributed by atoms with Crippen molar-refractivity contribution in [3.63, 3.8) is 0 Å². The summed E-state index contributed by atoms with van der Waals surface area (Å²) in [4.78, 5) is 32.5. The Morgan fingerprint density at radius 1 is 1.39 bits per heavy atom. The average Bonchev–Trinajstić information content (AvgIpc) is 2.57. The number of aromatic nitrogens is 2. The van der Waals surface area contributed by atoms with Gasteiger partial charge in [-0.3, -0.25) is 14.6 Å². The highest BCUT2D eigenvalue weighted by atomic mass is 32.2. The topological polar surface area (TPSA) is 84.0 Å². The monoisotopic (exact) mass is 328 g/mol. The van der Waals surface area contributed by atoms with Crippen molar-refractivity contribution in [1.29, 1.82) is 0 Å². The van der Waals surface area contributed by atoms with E-state index >= 15 is 0 Å². The van der Waals surface area contributed by atoms with Gasteiger partial charge in [0.05, 0.1) is 17.1 Å². The second kappa shape index (κ2) is 6.78. The Labute approximate surface area is 138 Å². The predicted octanol–water partition coefficient (Wildman–Crippen LogP) is 1.88. The number of carbonyl (C=O) groups is 2. The van der Waals surface area contributed by atoms with Gasteiger partial charge in [-0.2, -0.15) is 0 Å². The zero-order valence-corrected chi connectivity index (χ0v) is 13.4. The molecule has 2 N–H and O–H groups in total. The molecule has 1 atom stereocenters. The van der Waals surface area contributed by atoms with E-state index in [-0.39, 0.29) is 17.1 Å². The molecule has 1 aromatic heterocycles. The van der Waals surface area contributed by atoms with Gasteiger partial charge < -0.3 is 10.6 Å². The van der Waals surface area contributed by atoms with Gasteiger partial charge in [0.1, 0.15) is 5.69 Å². The van der Waals surface area contributed by atoms with Crippen LogP contribution in [-0.2, 0) is 11.2 Å². The van der Waals surface area contributed by atoms with Crippen molar-refractivity contribution >= 4 is 29.3 Å². The molecule has 0 fully saturated rings. The minimum absolute atomic E-state index is 0.0237. The van der Waals surface area contributed by atoms with Gasteiger partial charge in [-0.15, -0.1) is 11.8 Å². The lowest BCUT2D eigenvalue weighted by Gasteiger charge is -2.21. The summed E-state index contributed by atoms with van der Waals surface area (Å²) in [5, 5.41) is 5.65. The Hall–Kier alpha value is -2.41. The second-order valence-electron chi connectivity index (χ2n) is 5.18. The van der Waals surface area contributed by atoms with Crippen molar-refractivity contribution in [2.75, 3.05) is 11.9 Å². The lowest BCUT2D eigenvalue weighted by Crippen LogP contribution is -2.27. The Morgan fingerprint density at radius 3 is 3.04 bits per heavy atom. The number of hydrogen-bond donors (Lipinski definition) is 2. The van der Waals surface area contributed by atoms with Crippen LogP contribution in [0, 0.1) is 0 Å². The molecule has 0 aliphatic carbocycles. The number of rotatable bonds is 4. The second-order valence-corrected chi connectivity index (χ2v) is 6.56. The summed E-state index contributed by atoms with van der Waals surface area (Å²) in [6.07, 6.45) is 5.12. The van der Waals surface area contributed by atoms with Crippen molar-refractivity contribution in [1.82, 2.24) is 15.3 Å². The molecule has 1 aliphatic heterocycles. The standard InChI is InChI=1S/C16H16N4O2S/c1-10-15(21)20-12-8-11(2-3-14(12)23-10)4-5-19-16(22)13-9-17-6-7-18-13/h2-3,6-10H,4-5H2,1H3,(H,19,22)(H,20,21). The first-order chi connectivity index (χ1) is 11.1. The van der Waals surface area contributed by atoms with Crippen molar-refractivity contribution in [2.24, 2.45) is 0 Å². The summed E-state index contributed by atoms with van der Waals surface area (Å²) in [5.74, 6) is -0.218. The Kier molecular flexibility index (Phi) is 4.57. The van der Waals surface area contributed by atoms with Crippen LogP contribution in [0.2, 0.25) is 0 Å². The van der Waals surface area contributed by atoms with E-state index < -0.39 is 0 Å². The Morgan fingerprint density at radius 2 is 2.26 bits per heavy atom. The summed E-state index contributed by atoms with van der Waals surface area (Å²) >= 11 is 1.56. The fourth-order valence-electron chi connectivity index (χ4n) is 2.24. The van der Waals surface area contributed by atoms with Gasteiger partial charge in [0, 0.05) is 23.8 Å². The predicted molar refractivity (Wildman–Crippen MR) is 88.5 cm³/mol. The zero-order chi connectivity index (χ0) is 16.2. The maximum atomic E-state index is 11.9. The molecule has 0 saturated heterocycles. The fraction of sp³-hybridized carbons (Fsp3) is 0.250. The molecule has 0 saturated carbocycles. The molecule has 2 aromatic rings. The average molecular weight is 328 g/mol. The number of carbonyl (C=O) groups excluding carboxylic acids is 2. The third-order valence-corrected chi connectivity index (χ3v) is 4.65. The molecule has 0 bridgehead atoms. The normalized spacial score (nSPS) is 16.4. The number of nitrogens with one attached hydrogen (secondary N) is 2. The third-order valence-electron chi connectivity index (χ3n) is 3.47. The van der Waals surface area contributed by atoms with Gasteiger partial charge in [0.25, 0.3) is 5.91 Å². The molecule has 0 spiro atoms. The number of thioether (sulfide) groups is 1. The molecule has 1 aliphatic rings. The molecule has 1 unspecified atom stereocenters. The molecular formula is C16H16N4O2S. The zero-order valence-electron chi connectivity index (χ0n) is 12.6. The number of anilines is 1. The Balaban J connectivity index is 1.58. The lowest BCUT2D eigenvalue weighted by molar-refractivity contribution is -0.115. The number of fused-ring (bicyclic) bond motifs is 1. The van der Waals surface area contributed by atoms with Crippen molar-refractivity contribution in [3.05, 3.63) is 48.0 Å². The molecule has 2 amide bonds. The van der Waals surface area contributed by atoms with E-state index in [1.807, 2.05) is 25.1 Å². The highest BCUT2D eigenvalue weighted by Gasteiger charge is 2.22. The van der Waals surface area contributed by atoms with Crippen LogP contribution in [0.1, 0.15) is 23.0 Å². The number of amides is 2. The number of benzene rings is 1. The minimum atomic E-state index is -0.242. The SMILES string of the molecule is CC1Sc2ccc(CCNC(=O)c3cnccn3)cc2NC1=O. The molecule has 118 valence electrons. The summed E-state index contributed by atoms with van der Waals surface area (Å²) in [7, 11) is 0. The van der Waals surface area contributed by atoms with Crippen molar-refractivity contribution < 1.29 is 9.59 Å². The minimum Gasteiger partial charge on any atom is -0.350 e. The number of hydrogen-bond acceptors (Lipinski definition) is 5. The summed E-state index contributed by atoms with van der Waals surface area (Å²) in [6, 6.07) is 5.99. The van der Waals surface area contributed by atoms with Gasteiger partial charge in [0.15, 0.2) is 0 Å². The van der Waals surface area contributed by atoms with Crippen molar-refractivity contribution in [2.45, 2.75) is 23.5 Å². The van der Waals surface area contributed by atoms with Crippen molar-refractivity contribution in [3.8, 4) is 0 Å². The molecule has 2 heterocycles. The smallest absolute Gasteiger partial charge is 0.271 e. The van der Waals surface area contributed by atoms with Crippen LogP contribution in [0.3, 0.4) is 0 Å². The van der Waals surface area contributed by atoms with Crippen LogP contribution >= 0.6 is 11.8 Å². The molecular weight excluding hydrogens is 312 g/mol. The molecule has 7 heteroatoms. The van der Waals surface area contributed by atoms with Gasteiger partial charge >= 0.3 is 0 Å². The third kappa shape index (κ3) is 3.68. The van der Waals surface area contributed by atoms with Crippen LogP contribution in [0.25, 0.3) is 0 Å². The first kappa shape index (κ1) is 15.5. The number of nitrogens with zero attached hydrogens (tertiary/aromatic N) is 2. The highest BCUT2D eigenvalue weighted by Crippen LogP contribution is 2.35. The molecule has 3 rings (SSSR count). The lowest BCUT2D eigenvalue weighted by atomic mass is 10.1. The van der Waals surface area contributed by atoms with E-state index in [1.165, 1.54) is 18.6 Å². The van der Waals surface area contributed by atoms with E-state index in [1.54, 1.807) is 11.8 Å². The maximum Gasteiger partial charge on any atom is 0.271 e. The van der Waals surface area contributed by atoms with E-state index in [0.717, 1.165) is 16.1 Å². The van der Waals surface area contributed by atoms with Gasteiger partial charge in [-0.25, -0.2) is 4.98 Å². The highest BCUT2D eigenvalue weighted by molar-refractivity contribution is 8.00. The van der Waals surface area contributed by atoms with E-state index in [9.17, 15) is 9.59 Å². The van der Waals surface area contributed by atoms with Crippen LogP contribution < -0.4 is 10.6 Å². The largest absolute Gasteiger partial charge is 0.350 e. The fourth-order valence-corrected chi connectivity index (χ4v) is 3.17. The molecule has 0 radical (unpaired) electrons. The van der Waals surface area contributed by atoms with Gasteiger partial charge in [-0.1, -0.05) is 6.07 Å². The molecule has 23 heavy (non-hydrogen) atoms. The molecule has 6 nitrogen and oxygen atoms in total. The first-order valence-corrected chi connectivity index (χ1v) is 8.16. The first-order valence-electron chi connectivity index (χ1n) is 7.28. The maximum absolute atomic E-state index is 11.9. The van der Waals surface area contributed by atoms with E-state index in [0.29, 0.717) is 18.7 Å². The van der Waals surface area contributed by atoms with Crippen LogP contribution in [0.5, 0.6) is 0 Å². The van der Waals surface area contributed by atoms with Crippen LogP contribution in [0.15, 0.2) is 41.7 Å². The van der Waals surface area contributed by atoms with E-state index in [4.69, 9.17) is 0 Å². The summed E-state index contributed by atoms with van der Waals surface area (Å²) in [6.45, 7) is 2.38. The van der Waals surface area contributed by atoms with Gasteiger partial charge in [0.2, 0.25) is 5.91 Å². The Bertz CT molecular complexity index is 736. The van der Waals surface area contributed by atoms with E-state index in [2.05, 4.69) is 20.6 Å². The summed E-state index contributed by atoms with van der Waals surface area (Å²) in [5.41, 5.74) is 2.20. The summed E-state index contributed by atoms with van der Waals surface area (Å²) < 4.78 is 0. The van der Waals surface area contributed by atoms with Crippen LogP contribution in [0.4, 0.5) is 5.69 Å². The van der Waals surface area contributed by atoms with Gasteiger partial charge in [-0.05, 0) is 31.0 Å². The quantitative estimate of drug-likeness (QED) is 0.895.